The Labute approximate surface area is 115 Å². The number of sulfone groups is 1. The number of hydrogen-bond acceptors (Lipinski definition) is 3. The molecule has 1 aromatic rings. The maximum absolute atomic E-state index is 11.9. The molecule has 0 aliphatic rings. The third kappa shape index (κ3) is 3.96. The van der Waals surface area contributed by atoms with E-state index < -0.39 is 9.84 Å². The zero-order valence-corrected chi connectivity index (χ0v) is 12.6. The Balaban J connectivity index is 3.08. The van der Waals surface area contributed by atoms with E-state index in [1.54, 1.807) is 13.0 Å². The minimum atomic E-state index is -3.31. The maximum atomic E-state index is 11.9. The van der Waals surface area contributed by atoms with Gasteiger partial charge in [0.15, 0.2) is 9.84 Å². The van der Waals surface area contributed by atoms with Crippen molar-refractivity contribution in [2.75, 3.05) is 12.8 Å². The summed E-state index contributed by atoms with van der Waals surface area (Å²) in [4.78, 5) is 12.0. The Bertz CT molecular complexity index is 593. The van der Waals surface area contributed by atoms with Gasteiger partial charge in [0.05, 0.1) is 4.90 Å². The molecule has 98 valence electrons. The molecule has 0 unspecified atom stereocenters. The summed E-state index contributed by atoms with van der Waals surface area (Å²) in [6.45, 7) is 5.65. The third-order valence-electron chi connectivity index (χ3n) is 2.32. The summed E-state index contributed by atoms with van der Waals surface area (Å²) in [5.74, 6) is -0.321. The summed E-state index contributed by atoms with van der Waals surface area (Å²) in [6, 6.07) is 4.50. The number of carbonyl (C=O) groups is 1. The van der Waals surface area contributed by atoms with Crippen LogP contribution < -0.4 is 5.32 Å². The van der Waals surface area contributed by atoms with Crippen molar-refractivity contribution < 1.29 is 13.2 Å². The molecule has 0 bridgehead atoms. The number of carbonyl (C=O) groups excluding carboxylic acids is 1. The fourth-order valence-electron chi connectivity index (χ4n) is 1.35. The van der Waals surface area contributed by atoms with Crippen molar-refractivity contribution in [3.05, 3.63) is 40.4 Å². The molecule has 0 heterocycles. The van der Waals surface area contributed by atoms with Crippen LogP contribution in [0.1, 0.15) is 15.9 Å². The van der Waals surface area contributed by atoms with Gasteiger partial charge in [-0.15, -0.1) is 0 Å². The number of rotatable bonds is 4. The average Bonchev–Trinajstić information content (AvgIpc) is 2.24. The van der Waals surface area contributed by atoms with Gasteiger partial charge in [-0.2, -0.15) is 0 Å². The molecule has 6 heteroatoms. The average molecular weight is 332 g/mol. The van der Waals surface area contributed by atoms with Crippen molar-refractivity contribution in [1.82, 2.24) is 5.32 Å². The summed E-state index contributed by atoms with van der Waals surface area (Å²) in [6.07, 6.45) is 1.11. The van der Waals surface area contributed by atoms with E-state index in [2.05, 4.69) is 27.8 Å². The van der Waals surface area contributed by atoms with Gasteiger partial charge >= 0.3 is 0 Å². The Kier molecular flexibility index (Phi) is 4.70. The lowest BCUT2D eigenvalue weighted by Crippen LogP contribution is -2.25. The van der Waals surface area contributed by atoms with Gasteiger partial charge in [0.2, 0.25) is 0 Å². The summed E-state index contributed by atoms with van der Waals surface area (Å²) >= 11 is 3.14. The van der Waals surface area contributed by atoms with Crippen molar-refractivity contribution in [2.24, 2.45) is 0 Å². The van der Waals surface area contributed by atoms with E-state index >= 15 is 0 Å². The first kappa shape index (κ1) is 14.9. The predicted molar refractivity (Wildman–Crippen MR) is 74.7 cm³/mol. The SMILES string of the molecule is C=C(Br)CNC(=O)c1cc(S(C)(=O)=O)ccc1C. The fraction of sp³-hybridized carbons (Fsp3) is 0.250. The number of benzene rings is 1. The smallest absolute Gasteiger partial charge is 0.251 e. The number of nitrogens with one attached hydrogen (secondary N) is 1. The molecule has 0 atom stereocenters. The first-order valence-corrected chi connectivity index (χ1v) is 7.82. The van der Waals surface area contributed by atoms with Crippen molar-refractivity contribution in [1.29, 1.82) is 0 Å². The molecule has 0 spiro atoms. The highest BCUT2D eigenvalue weighted by atomic mass is 79.9. The van der Waals surface area contributed by atoms with Crippen LogP contribution in [0.15, 0.2) is 34.2 Å². The summed E-state index contributed by atoms with van der Waals surface area (Å²) in [5.41, 5.74) is 1.08. The minimum Gasteiger partial charge on any atom is -0.347 e. The lowest BCUT2D eigenvalue weighted by molar-refractivity contribution is 0.0957. The van der Waals surface area contributed by atoms with Gasteiger partial charge in [-0.3, -0.25) is 4.79 Å². The van der Waals surface area contributed by atoms with Crippen molar-refractivity contribution in [3.8, 4) is 0 Å². The first-order valence-electron chi connectivity index (χ1n) is 5.14. The lowest BCUT2D eigenvalue weighted by Gasteiger charge is -2.08. The quantitative estimate of drug-likeness (QED) is 0.918. The zero-order valence-electron chi connectivity index (χ0n) is 10.2. The zero-order chi connectivity index (χ0) is 13.9. The molecular weight excluding hydrogens is 318 g/mol. The van der Waals surface area contributed by atoms with Crippen molar-refractivity contribution >= 4 is 31.7 Å². The van der Waals surface area contributed by atoms with Crippen LogP contribution in [0.5, 0.6) is 0 Å². The first-order chi connectivity index (χ1) is 8.21. The molecule has 0 saturated carbocycles. The van der Waals surface area contributed by atoms with Crippen LogP contribution in [0.2, 0.25) is 0 Å². The van der Waals surface area contributed by atoms with Crippen molar-refractivity contribution in [3.63, 3.8) is 0 Å². The highest BCUT2D eigenvalue weighted by Crippen LogP contribution is 2.15. The number of hydrogen-bond donors (Lipinski definition) is 1. The standard InChI is InChI=1S/C12H14BrNO3S/c1-8-4-5-10(18(3,16)17)6-11(8)12(15)14-7-9(2)13/h4-6H,2,7H2,1,3H3,(H,14,15). The monoisotopic (exact) mass is 331 g/mol. The van der Waals surface area contributed by atoms with Gasteiger partial charge < -0.3 is 5.32 Å². The molecule has 1 aromatic carbocycles. The van der Waals surface area contributed by atoms with Crippen LogP contribution in [0.3, 0.4) is 0 Å². The van der Waals surface area contributed by atoms with Crippen LogP contribution in [0, 0.1) is 6.92 Å². The number of halogens is 1. The summed E-state index contributed by atoms with van der Waals surface area (Å²) in [7, 11) is -3.31. The Morgan fingerprint density at radius 1 is 1.44 bits per heavy atom. The molecule has 0 saturated heterocycles. The van der Waals surface area contributed by atoms with Crippen LogP contribution in [0.4, 0.5) is 0 Å². The van der Waals surface area contributed by atoms with Gasteiger partial charge in [0.25, 0.3) is 5.91 Å². The molecular formula is C12H14BrNO3S. The topological polar surface area (TPSA) is 63.2 Å². The second-order valence-corrected chi connectivity index (χ2v) is 7.09. The number of amides is 1. The Morgan fingerprint density at radius 3 is 2.56 bits per heavy atom. The molecule has 1 rings (SSSR count). The largest absolute Gasteiger partial charge is 0.347 e. The third-order valence-corrected chi connectivity index (χ3v) is 3.71. The van der Waals surface area contributed by atoms with Crippen LogP contribution in [0.25, 0.3) is 0 Å². The van der Waals surface area contributed by atoms with E-state index in [9.17, 15) is 13.2 Å². The minimum absolute atomic E-state index is 0.135. The van der Waals surface area contributed by atoms with E-state index in [1.807, 2.05) is 0 Å². The van der Waals surface area contributed by atoms with Crippen LogP contribution in [-0.4, -0.2) is 27.1 Å². The molecule has 0 radical (unpaired) electrons. The molecule has 0 fully saturated rings. The Hall–Kier alpha value is -1.14. The molecule has 0 aromatic heterocycles. The van der Waals surface area contributed by atoms with Gasteiger partial charge in [0.1, 0.15) is 0 Å². The molecule has 1 N–H and O–H groups in total. The normalized spacial score (nSPS) is 11.1. The van der Waals surface area contributed by atoms with E-state index in [0.29, 0.717) is 16.6 Å². The second-order valence-electron chi connectivity index (χ2n) is 3.95. The number of aryl methyl sites for hydroxylation is 1. The van der Waals surface area contributed by atoms with E-state index in [0.717, 1.165) is 11.8 Å². The highest BCUT2D eigenvalue weighted by Gasteiger charge is 2.14. The Morgan fingerprint density at radius 2 is 2.06 bits per heavy atom. The van der Waals surface area contributed by atoms with Crippen LogP contribution >= 0.6 is 15.9 Å². The molecule has 0 aliphatic heterocycles. The van der Waals surface area contributed by atoms with Gasteiger partial charge in [0, 0.05) is 22.8 Å². The van der Waals surface area contributed by atoms with Crippen LogP contribution in [-0.2, 0) is 9.84 Å². The molecule has 0 aliphatic carbocycles. The predicted octanol–water partition coefficient (Wildman–Crippen LogP) is 2.04. The van der Waals surface area contributed by atoms with Crippen molar-refractivity contribution in [2.45, 2.75) is 11.8 Å². The summed E-state index contributed by atoms with van der Waals surface area (Å²) in [5, 5.41) is 2.64. The van der Waals surface area contributed by atoms with E-state index in [-0.39, 0.29) is 10.8 Å². The van der Waals surface area contributed by atoms with Gasteiger partial charge in [-0.25, -0.2) is 8.42 Å². The molecule has 18 heavy (non-hydrogen) atoms. The van der Waals surface area contributed by atoms with E-state index in [1.165, 1.54) is 12.1 Å². The highest BCUT2D eigenvalue weighted by molar-refractivity contribution is 9.11. The fourth-order valence-corrected chi connectivity index (χ4v) is 2.14. The van der Waals surface area contributed by atoms with Gasteiger partial charge in [-0.05, 0) is 24.6 Å². The maximum Gasteiger partial charge on any atom is 0.251 e. The second kappa shape index (κ2) is 5.67. The van der Waals surface area contributed by atoms with E-state index in [4.69, 9.17) is 0 Å². The summed E-state index contributed by atoms with van der Waals surface area (Å²) < 4.78 is 23.5. The van der Waals surface area contributed by atoms with Gasteiger partial charge in [-0.1, -0.05) is 28.6 Å². The lowest BCUT2D eigenvalue weighted by atomic mass is 10.1. The molecule has 4 nitrogen and oxygen atoms in total. The molecule has 1 amide bonds.